The first-order chi connectivity index (χ1) is 8.72. The maximum Gasteiger partial charge on any atom is 0.295 e. The van der Waals surface area contributed by atoms with Gasteiger partial charge in [-0.3, -0.25) is 0 Å². The van der Waals surface area contributed by atoms with Gasteiger partial charge in [0.05, 0.1) is 5.69 Å². The van der Waals surface area contributed by atoms with Gasteiger partial charge in [-0.25, -0.2) is 0 Å². The highest BCUT2D eigenvalue weighted by Gasteiger charge is 2.19. The van der Waals surface area contributed by atoms with Crippen LogP contribution in [0.5, 0.6) is 0 Å². The van der Waals surface area contributed by atoms with E-state index in [1.54, 1.807) is 0 Å². The number of oxazole rings is 1. The molecule has 0 bridgehead atoms. The number of nitrogens with two attached hydrogens (primary N) is 1. The van der Waals surface area contributed by atoms with E-state index in [9.17, 15) is 0 Å². The van der Waals surface area contributed by atoms with Gasteiger partial charge < -0.3 is 15.5 Å². The lowest BCUT2D eigenvalue weighted by Crippen LogP contribution is -2.25. The van der Waals surface area contributed by atoms with E-state index in [1.807, 2.05) is 18.2 Å². The quantitative estimate of drug-likeness (QED) is 0.796. The summed E-state index contributed by atoms with van der Waals surface area (Å²) in [7, 11) is 0. The van der Waals surface area contributed by atoms with Gasteiger partial charge in [-0.05, 0) is 43.7 Å². The second kappa shape index (κ2) is 4.52. The van der Waals surface area contributed by atoms with Crippen molar-refractivity contribution in [3.63, 3.8) is 0 Å². The van der Waals surface area contributed by atoms with Crippen molar-refractivity contribution in [2.24, 2.45) is 5.92 Å². The van der Waals surface area contributed by atoms with Gasteiger partial charge in [0.1, 0.15) is 5.52 Å². The molecule has 0 spiro atoms. The molecule has 1 aromatic carbocycles. The van der Waals surface area contributed by atoms with Gasteiger partial charge in [0.2, 0.25) is 0 Å². The minimum atomic E-state index is 0.482. The van der Waals surface area contributed by atoms with Crippen LogP contribution in [0.15, 0.2) is 22.6 Å². The van der Waals surface area contributed by atoms with Gasteiger partial charge in [-0.2, -0.15) is 4.98 Å². The zero-order valence-corrected chi connectivity index (χ0v) is 10.6. The number of para-hydroxylation sites is 1. The molecule has 3 N–H and O–H groups in total. The predicted octanol–water partition coefficient (Wildman–Crippen LogP) is 3.40. The first-order valence-corrected chi connectivity index (χ1v) is 6.64. The van der Waals surface area contributed by atoms with Crippen LogP contribution in [0.4, 0.5) is 11.7 Å². The maximum absolute atomic E-state index is 5.87. The van der Waals surface area contributed by atoms with Crippen molar-refractivity contribution in [3.05, 3.63) is 18.2 Å². The van der Waals surface area contributed by atoms with Crippen molar-refractivity contribution in [2.45, 2.75) is 38.6 Å². The van der Waals surface area contributed by atoms with E-state index < -0.39 is 0 Å². The molecule has 1 heterocycles. The molecule has 0 unspecified atom stereocenters. The fraction of sp³-hybridized carbons (Fsp3) is 0.500. The molecule has 1 aromatic heterocycles. The second-order valence-electron chi connectivity index (χ2n) is 5.31. The highest BCUT2D eigenvalue weighted by Crippen LogP contribution is 2.28. The second-order valence-corrected chi connectivity index (χ2v) is 5.31. The number of rotatable bonds is 2. The summed E-state index contributed by atoms with van der Waals surface area (Å²) in [5.74, 6) is 0.849. The molecule has 0 radical (unpaired) electrons. The summed E-state index contributed by atoms with van der Waals surface area (Å²) in [6.07, 6.45) is 4.94. The number of anilines is 2. The number of fused-ring (bicyclic) bond motifs is 1. The topological polar surface area (TPSA) is 64.1 Å². The van der Waals surface area contributed by atoms with E-state index >= 15 is 0 Å². The Morgan fingerprint density at radius 2 is 2.06 bits per heavy atom. The smallest absolute Gasteiger partial charge is 0.295 e. The largest absolute Gasteiger partial charge is 0.423 e. The number of aromatic nitrogens is 1. The third-order valence-corrected chi connectivity index (χ3v) is 3.79. The van der Waals surface area contributed by atoms with E-state index in [4.69, 9.17) is 10.2 Å². The van der Waals surface area contributed by atoms with Gasteiger partial charge in [0.25, 0.3) is 6.01 Å². The molecule has 4 heteroatoms. The van der Waals surface area contributed by atoms with Crippen LogP contribution in [-0.2, 0) is 0 Å². The monoisotopic (exact) mass is 245 g/mol. The third kappa shape index (κ3) is 2.15. The zero-order chi connectivity index (χ0) is 12.5. The van der Waals surface area contributed by atoms with Crippen LogP contribution in [0.2, 0.25) is 0 Å². The van der Waals surface area contributed by atoms with E-state index in [0.29, 0.717) is 17.7 Å². The van der Waals surface area contributed by atoms with Crippen molar-refractivity contribution in [1.29, 1.82) is 0 Å². The molecule has 96 valence electrons. The minimum absolute atomic E-state index is 0.482. The summed E-state index contributed by atoms with van der Waals surface area (Å²) in [5.41, 5.74) is 8.04. The van der Waals surface area contributed by atoms with Crippen LogP contribution < -0.4 is 11.1 Å². The number of nitrogens with zero attached hydrogens (tertiary/aromatic N) is 1. The number of nitrogens with one attached hydrogen (secondary N) is 1. The fourth-order valence-corrected chi connectivity index (χ4v) is 2.61. The Morgan fingerprint density at radius 3 is 2.78 bits per heavy atom. The first-order valence-electron chi connectivity index (χ1n) is 6.64. The molecule has 2 aromatic rings. The summed E-state index contributed by atoms with van der Waals surface area (Å²) >= 11 is 0. The number of hydrogen-bond acceptors (Lipinski definition) is 4. The summed E-state index contributed by atoms with van der Waals surface area (Å²) in [6, 6.07) is 6.71. The maximum atomic E-state index is 5.87. The van der Waals surface area contributed by atoms with Gasteiger partial charge >= 0.3 is 0 Å². The summed E-state index contributed by atoms with van der Waals surface area (Å²) in [4.78, 5) is 4.42. The molecule has 0 saturated heterocycles. The highest BCUT2D eigenvalue weighted by molar-refractivity contribution is 5.86. The first kappa shape index (κ1) is 11.4. The fourth-order valence-electron chi connectivity index (χ4n) is 2.61. The number of benzene rings is 1. The van der Waals surface area contributed by atoms with Crippen LogP contribution in [0, 0.1) is 5.92 Å². The van der Waals surface area contributed by atoms with Crippen LogP contribution >= 0.6 is 0 Å². The summed E-state index contributed by atoms with van der Waals surface area (Å²) in [5, 5.41) is 3.38. The van der Waals surface area contributed by atoms with Crippen molar-refractivity contribution >= 4 is 22.8 Å². The van der Waals surface area contributed by atoms with E-state index in [1.165, 1.54) is 25.7 Å². The average molecular weight is 245 g/mol. The summed E-state index contributed by atoms with van der Waals surface area (Å²) < 4.78 is 5.68. The molecular formula is C14H19N3O. The van der Waals surface area contributed by atoms with Gasteiger partial charge in [0, 0.05) is 6.04 Å². The van der Waals surface area contributed by atoms with Crippen molar-refractivity contribution in [2.75, 3.05) is 11.1 Å². The number of hydrogen-bond donors (Lipinski definition) is 2. The molecule has 4 nitrogen and oxygen atoms in total. The van der Waals surface area contributed by atoms with Crippen molar-refractivity contribution in [1.82, 2.24) is 4.98 Å². The highest BCUT2D eigenvalue weighted by atomic mass is 16.4. The Labute approximate surface area is 107 Å². The number of nitrogen functional groups attached to an aromatic ring is 1. The molecule has 18 heavy (non-hydrogen) atoms. The zero-order valence-electron chi connectivity index (χ0n) is 10.6. The summed E-state index contributed by atoms with van der Waals surface area (Å²) in [6.45, 7) is 2.32. The van der Waals surface area contributed by atoms with Crippen LogP contribution in [0.1, 0.15) is 32.6 Å². The molecule has 1 saturated carbocycles. The van der Waals surface area contributed by atoms with Crippen LogP contribution in [0.25, 0.3) is 11.1 Å². The van der Waals surface area contributed by atoms with Gasteiger partial charge in [-0.15, -0.1) is 0 Å². The van der Waals surface area contributed by atoms with Gasteiger partial charge in [0.15, 0.2) is 5.58 Å². The Bertz CT molecular complexity index is 541. The average Bonchev–Trinajstić information content (AvgIpc) is 2.76. The van der Waals surface area contributed by atoms with Crippen molar-refractivity contribution in [3.8, 4) is 0 Å². The lowest BCUT2D eigenvalue weighted by atomic mass is 9.87. The Kier molecular flexibility index (Phi) is 2.86. The van der Waals surface area contributed by atoms with Crippen molar-refractivity contribution < 1.29 is 4.42 Å². The van der Waals surface area contributed by atoms with E-state index in [0.717, 1.165) is 17.0 Å². The normalized spacial score (nSPS) is 24.3. The van der Waals surface area contributed by atoms with E-state index in [-0.39, 0.29) is 0 Å². The Morgan fingerprint density at radius 1 is 1.28 bits per heavy atom. The standard InChI is InChI=1S/C14H19N3O/c1-9-5-7-10(8-6-9)16-14-17-13-11(15)3-2-4-12(13)18-14/h2-4,9-10H,5-8,15H2,1H3,(H,16,17). The molecular weight excluding hydrogens is 226 g/mol. The molecule has 0 amide bonds. The van der Waals surface area contributed by atoms with Crippen LogP contribution in [-0.4, -0.2) is 11.0 Å². The van der Waals surface area contributed by atoms with Crippen LogP contribution in [0.3, 0.4) is 0 Å². The predicted molar refractivity (Wildman–Crippen MR) is 73.5 cm³/mol. The molecule has 1 fully saturated rings. The van der Waals surface area contributed by atoms with Gasteiger partial charge in [-0.1, -0.05) is 13.0 Å². The lowest BCUT2D eigenvalue weighted by Gasteiger charge is -2.26. The SMILES string of the molecule is CC1CCC(Nc2nc3c(N)cccc3o2)CC1. The molecule has 1 aliphatic rings. The molecule has 0 atom stereocenters. The van der Waals surface area contributed by atoms with E-state index in [2.05, 4.69) is 17.2 Å². The molecule has 0 aliphatic heterocycles. The lowest BCUT2D eigenvalue weighted by molar-refractivity contribution is 0.357. The Hall–Kier alpha value is -1.71. The molecule has 1 aliphatic carbocycles. The third-order valence-electron chi connectivity index (χ3n) is 3.79. The minimum Gasteiger partial charge on any atom is -0.423 e. The molecule has 3 rings (SSSR count). The Balaban J connectivity index is 1.77.